The Kier molecular flexibility index (Phi) is 3.38. The van der Waals surface area contributed by atoms with Crippen molar-refractivity contribution in [2.24, 2.45) is 0 Å². The van der Waals surface area contributed by atoms with Crippen LogP contribution < -0.4 is 0 Å². The second-order valence-electron chi connectivity index (χ2n) is 2.55. The number of benzene rings is 1. The first-order chi connectivity index (χ1) is 5.72. The molecule has 1 nitrogen and oxygen atoms in total. The van der Waals surface area contributed by atoms with Crippen molar-refractivity contribution < 1.29 is 17.5 Å². The molecule has 2 heteroatoms. The van der Waals surface area contributed by atoms with Gasteiger partial charge in [0.25, 0.3) is 0 Å². The molecule has 0 radical (unpaired) electrons. The van der Waals surface area contributed by atoms with Crippen LogP contribution in [0.1, 0.15) is 11.1 Å². The fraction of sp³-hybridized carbons (Fsp3) is 0.200. The van der Waals surface area contributed by atoms with Crippen LogP contribution in [0.4, 0.5) is 0 Å². The Morgan fingerprint density at radius 2 is 2.00 bits per heavy atom. The Morgan fingerprint density at radius 3 is 2.50 bits per heavy atom. The van der Waals surface area contributed by atoms with E-state index >= 15 is 0 Å². The second-order valence-corrected chi connectivity index (χ2v) is 4.31. The Bertz CT molecular complexity index is 287. The van der Waals surface area contributed by atoms with Crippen molar-refractivity contribution in [1.82, 2.24) is 0 Å². The van der Waals surface area contributed by atoms with Crippen LogP contribution in [0, 0.1) is 6.92 Å². The molecule has 0 aliphatic heterocycles. The molecule has 0 spiro atoms. The van der Waals surface area contributed by atoms with Gasteiger partial charge in [-0.3, -0.25) is 0 Å². The first kappa shape index (κ1) is 9.36. The van der Waals surface area contributed by atoms with Gasteiger partial charge in [0, 0.05) is 0 Å². The van der Waals surface area contributed by atoms with Gasteiger partial charge in [-0.05, 0) is 0 Å². The second kappa shape index (κ2) is 4.33. The summed E-state index contributed by atoms with van der Waals surface area (Å²) < 4.78 is 11.1. The summed E-state index contributed by atoms with van der Waals surface area (Å²) in [6.07, 6.45) is 0. The number of hydrogen-bond donors (Lipinski definition) is 0. The van der Waals surface area contributed by atoms with Crippen LogP contribution >= 0.6 is 0 Å². The average molecular weight is 207 g/mol. The molecular weight excluding hydrogens is 195 g/mol. The van der Waals surface area contributed by atoms with Crippen molar-refractivity contribution in [3.8, 4) is 0 Å². The molecule has 0 saturated heterocycles. The standard InChI is InChI=1S/C8H9.C2H3.Co.O/c1-7-3-5-8(2)6-4-7;1-2;;/h3-6H,1H2,2H3;1H,2H2;;. The molecule has 0 amide bonds. The van der Waals surface area contributed by atoms with Gasteiger partial charge in [-0.25, -0.2) is 0 Å². The van der Waals surface area contributed by atoms with Gasteiger partial charge in [0.15, 0.2) is 0 Å². The van der Waals surface area contributed by atoms with Gasteiger partial charge in [0.1, 0.15) is 0 Å². The molecule has 12 heavy (non-hydrogen) atoms. The summed E-state index contributed by atoms with van der Waals surface area (Å²) in [5, 5.41) is 2.11. The van der Waals surface area contributed by atoms with E-state index in [1.54, 1.807) is 0 Å². The molecule has 1 aromatic rings. The number of rotatable bonds is 3. The zero-order valence-corrected chi connectivity index (χ0v) is 8.08. The Labute approximate surface area is 77.1 Å². The van der Waals surface area contributed by atoms with Gasteiger partial charge in [-0.15, -0.1) is 0 Å². The molecule has 0 atom stereocenters. The molecule has 0 aromatic heterocycles. The Morgan fingerprint density at radius 1 is 1.42 bits per heavy atom. The van der Waals surface area contributed by atoms with E-state index in [4.69, 9.17) is 0 Å². The van der Waals surface area contributed by atoms with Crippen LogP contribution in [0.15, 0.2) is 35.9 Å². The van der Waals surface area contributed by atoms with E-state index in [1.165, 1.54) is 10.6 Å². The van der Waals surface area contributed by atoms with Crippen molar-refractivity contribution >= 4 is 0 Å². The van der Waals surface area contributed by atoms with E-state index in [-0.39, 0.29) is 0 Å². The molecule has 0 fully saturated rings. The van der Waals surface area contributed by atoms with Gasteiger partial charge >= 0.3 is 76.7 Å². The van der Waals surface area contributed by atoms with E-state index in [0.29, 0.717) is 5.36 Å². The molecule has 0 aliphatic rings. The van der Waals surface area contributed by atoms with Crippen molar-refractivity contribution in [2.75, 3.05) is 0 Å². The summed E-state index contributed by atoms with van der Waals surface area (Å²) in [6.45, 7) is 5.53. The SMILES string of the molecule is C=[CH][Co](=[O])[CH2]c1ccc(C)cc1. The van der Waals surface area contributed by atoms with Crippen LogP contribution in [-0.4, -0.2) is 0 Å². The van der Waals surface area contributed by atoms with Crippen molar-refractivity contribution in [3.63, 3.8) is 0 Å². The van der Waals surface area contributed by atoms with Crippen LogP contribution in [0.25, 0.3) is 0 Å². The normalized spacial score (nSPS) is 10.9. The molecule has 0 N–H and O–H groups in total. The molecule has 0 bridgehead atoms. The molecule has 0 saturated carbocycles. The first-order valence-electron chi connectivity index (χ1n) is 3.65. The van der Waals surface area contributed by atoms with Crippen LogP contribution in [0.2, 0.25) is 0 Å². The topological polar surface area (TPSA) is 17.1 Å². The van der Waals surface area contributed by atoms with E-state index in [1.807, 2.05) is 31.2 Å². The minimum atomic E-state index is -1.23. The quantitative estimate of drug-likeness (QED) is 0.744. The summed E-state index contributed by atoms with van der Waals surface area (Å²) in [6, 6.07) is 8.07. The minimum absolute atomic E-state index is 0.608. The maximum absolute atomic E-state index is 11.1. The van der Waals surface area contributed by atoms with Gasteiger partial charge in [0.2, 0.25) is 0 Å². The van der Waals surface area contributed by atoms with Gasteiger partial charge in [-0.1, -0.05) is 0 Å². The van der Waals surface area contributed by atoms with E-state index < -0.39 is 13.6 Å². The van der Waals surface area contributed by atoms with Crippen LogP contribution in [0.3, 0.4) is 0 Å². The monoisotopic (exact) mass is 207 g/mol. The molecule has 0 heterocycles. The average Bonchev–Trinajstić information content (AvgIpc) is 2.09. The van der Waals surface area contributed by atoms with Gasteiger partial charge in [0.05, 0.1) is 0 Å². The van der Waals surface area contributed by atoms with Gasteiger partial charge < -0.3 is 0 Å². The fourth-order valence-corrected chi connectivity index (χ4v) is 1.66. The zero-order valence-electron chi connectivity index (χ0n) is 7.04. The van der Waals surface area contributed by atoms with Crippen LogP contribution in [-0.2, 0) is 22.8 Å². The third-order valence-corrected chi connectivity index (χ3v) is 2.79. The Hall–Kier alpha value is -0.734. The summed E-state index contributed by atoms with van der Waals surface area (Å²) in [7, 11) is 0. The molecule has 67 valence electrons. The molecule has 0 unspecified atom stereocenters. The summed E-state index contributed by atoms with van der Waals surface area (Å²) >= 11 is -1.23. The van der Waals surface area contributed by atoms with Gasteiger partial charge in [-0.2, -0.15) is 0 Å². The molecule has 0 aliphatic carbocycles. The molecule has 1 rings (SSSR count). The maximum atomic E-state index is 11.1. The van der Waals surface area contributed by atoms with E-state index in [2.05, 4.69) is 6.58 Å². The summed E-state index contributed by atoms with van der Waals surface area (Å²) in [5.41, 5.74) is 2.34. The number of hydrogen-bond acceptors (Lipinski definition) is 1. The third kappa shape index (κ3) is 2.72. The molecular formula is C10H12CoO. The number of aryl methyl sites for hydroxylation is 1. The van der Waals surface area contributed by atoms with Crippen molar-refractivity contribution in [2.45, 2.75) is 12.3 Å². The van der Waals surface area contributed by atoms with E-state index in [0.717, 1.165) is 5.56 Å². The first-order valence-corrected chi connectivity index (χ1v) is 5.41. The third-order valence-electron chi connectivity index (χ3n) is 1.52. The molecule has 1 aromatic carbocycles. The predicted molar refractivity (Wildman–Crippen MR) is 45.8 cm³/mol. The summed E-state index contributed by atoms with van der Waals surface area (Å²) in [4.78, 5) is 0. The fourth-order valence-electron chi connectivity index (χ4n) is 0.849. The Balaban J connectivity index is 2.71. The van der Waals surface area contributed by atoms with Crippen molar-refractivity contribution in [3.05, 3.63) is 47.0 Å². The predicted octanol–water partition coefficient (Wildman–Crippen LogP) is 2.60. The van der Waals surface area contributed by atoms with Crippen LogP contribution in [0.5, 0.6) is 0 Å². The zero-order chi connectivity index (χ0) is 8.97. The van der Waals surface area contributed by atoms with Crippen molar-refractivity contribution in [1.29, 1.82) is 0 Å². The summed E-state index contributed by atoms with van der Waals surface area (Å²) in [5.74, 6) is 0. The van der Waals surface area contributed by atoms with E-state index in [9.17, 15) is 3.87 Å².